The Morgan fingerprint density at radius 2 is 1.95 bits per heavy atom. The number of benzene rings is 1. The summed E-state index contributed by atoms with van der Waals surface area (Å²) in [6.07, 6.45) is -0.719. The average Bonchev–Trinajstić information content (AvgIpc) is 2.76. The predicted octanol–water partition coefficient (Wildman–Crippen LogP) is 0.686. The first-order valence-corrected chi connectivity index (χ1v) is 6.61. The standard InChI is InChI=1S/C14H20N2O3/c1-2-7-15-11-6-4-3-5-10(11)14(19)16-8-12(17)13(18)9-16/h3-6,12-13,15,17-18H,2,7-9H2,1H3/t12-,13+. The number of aliphatic hydroxyl groups excluding tert-OH is 2. The molecule has 104 valence electrons. The molecule has 19 heavy (non-hydrogen) atoms. The molecule has 0 aromatic heterocycles. The molecular formula is C14H20N2O3. The van der Waals surface area contributed by atoms with Crippen LogP contribution in [0, 0.1) is 0 Å². The number of hydrogen-bond acceptors (Lipinski definition) is 4. The summed E-state index contributed by atoms with van der Waals surface area (Å²) in [7, 11) is 0. The van der Waals surface area contributed by atoms with Gasteiger partial charge < -0.3 is 20.4 Å². The fourth-order valence-corrected chi connectivity index (χ4v) is 2.19. The van der Waals surface area contributed by atoms with Gasteiger partial charge in [0.1, 0.15) is 0 Å². The Bertz CT molecular complexity index is 440. The molecule has 0 aliphatic carbocycles. The highest BCUT2D eigenvalue weighted by atomic mass is 16.3. The molecule has 1 aliphatic rings. The summed E-state index contributed by atoms with van der Waals surface area (Å²) in [4.78, 5) is 13.9. The van der Waals surface area contributed by atoms with Crippen molar-refractivity contribution in [2.24, 2.45) is 0 Å². The van der Waals surface area contributed by atoms with Crippen molar-refractivity contribution in [2.75, 3.05) is 25.0 Å². The van der Waals surface area contributed by atoms with E-state index >= 15 is 0 Å². The largest absolute Gasteiger partial charge is 0.388 e. The summed E-state index contributed by atoms with van der Waals surface area (Å²) in [6, 6.07) is 7.32. The number of hydrogen-bond donors (Lipinski definition) is 3. The topological polar surface area (TPSA) is 72.8 Å². The predicted molar refractivity (Wildman–Crippen MR) is 73.1 cm³/mol. The molecule has 1 aromatic rings. The number of β-amino-alcohol motifs (C(OH)–C–C–N with tert-alkyl or cyclic N) is 2. The fraction of sp³-hybridized carbons (Fsp3) is 0.500. The summed E-state index contributed by atoms with van der Waals surface area (Å²) in [5.74, 6) is -0.158. The van der Waals surface area contributed by atoms with Crippen LogP contribution in [0.5, 0.6) is 0 Å². The van der Waals surface area contributed by atoms with E-state index in [-0.39, 0.29) is 19.0 Å². The highest BCUT2D eigenvalue weighted by Gasteiger charge is 2.33. The third-order valence-electron chi connectivity index (χ3n) is 3.27. The minimum absolute atomic E-state index is 0.158. The van der Waals surface area contributed by atoms with E-state index in [1.165, 1.54) is 4.90 Å². The monoisotopic (exact) mass is 264 g/mol. The van der Waals surface area contributed by atoms with Crippen LogP contribution in [0.3, 0.4) is 0 Å². The van der Waals surface area contributed by atoms with E-state index in [0.717, 1.165) is 18.7 Å². The van der Waals surface area contributed by atoms with Crippen LogP contribution in [0.1, 0.15) is 23.7 Å². The maximum Gasteiger partial charge on any atom is 0.256 e. The van der Waals surface area contributed by atoms with Gasteiger partial charge in [0.05, 0.1) is 17.8 Å². The van der Waals surface area contributed by atoms with Crippen LogP contribution in [0.25, 0.3) is 0 Å². The summed E-state index contributed by atoms with van der Waals surface area (Å²) in [6.45, 7) is 3.23. The fourth-order valence-electron chi connectivity index (χ4n) is 2.19. The number of nitrogens with one attached hydrogen (secondary N) is 1. The number of para-hydroxylation sites is 1. The number of aliphatic hydroxyl groups is 2. The van der Waals surface area contributed by atoms with Gasteiger partial charge in [0.25, 0.3) is 5.91 Å². The lowest BCUT2D eigenvalue weighted by Gasteiger charge is -2.18. The molecule has 1 saturated heterocycles. The summed E-state index contributed by atoms with van der Waals surface area (Å²) < 4.78 is 0. The normalized spacial score (nSPS) is 22.6. The number of rotatable bonds is 4. The van der Waals surface area contributed by atoms with Crippen LogP contribution < -0.4 is 5.32 Å². The molecule has 0 saturated carbocycles. The Labute approximate surface area is 112 Å². The molecule has 1 amide bonds. The van der Waals surface area contributed by atoms with E-state index < -0.39 is 12.2 Å². The molecule has 2 atom stereocenters. The third-order valence-corrected chi connectivity index (χ3v) is 3.27. The van der Waals surface area contributed by atoms with Crippen LogP contribution in [0.4, 0.5) is 5.69 Å². The first-order chi connectivity index (χ1) is 9.13. The lowest BCUT2D eigenvalue weighted by atomic mass is 10.1. The molecule has 5 nitrogen and oxygen atoms in total. The van der Waals surface area contributed by atoms with Crippen molar-refractivity contribution < 1.29 is 15.0 Å². The number of anilines is 1. The van der Waals surface area contributed by atoms with E-state index in [1.807, 2.05) is 18.2 Å². The van der Waals surface area contributed by atoms with Gasteiger partial charge in [-0.25, -0.2) is 0 Å². The Morgan fingerprint density at radius 3 is 2.58 bits per heavy atom. The first kappa shape index (κ1) is 13.8. The molecule has 0 bridgehead atoms. The Hall–Kier alpha value is -1.59. The van der Waals surface area contributed by atoms with Crippen molar-refractivity contribution in [1.29, 1.82) is 0 Å². The molecule has 3 N–H and O–H groups in total. The van der Waals surface area contributed by atoms with Crippen LogP contribution >= 0.6 is 0 Å². The summed E-state index contributed by atoms with van der Waals surface area (Å²) in [5.41, 5.74) is 1.38. The van der Waals surface area contributed by atoms with Crippen LogP contribution in [-0.2, 0) is 0 Å². The lowest BCUT2D eigenvalue weighted by Crippen LogP contribution is -2.30. The quantitative estimate of drug-likeness (QED) is 0.748. The van der Waals surface area contributed by atoms with Crippen molar-refractivity contribution in [1.82, 2.24) is 4.90 Å². The second kappa shape index (κ2) is 6.04. The van der Waals surface area contributed by atoms with Crippen molar-refractivity contribution >= 4 is 11.6 Å². The van der Waals surface area contributed by atoms with E-state index in [2.05, 4.69) is 12.2 Å². The third kappa shape index (κ3) is 3.05. The van der Waals surface area contributed by atoms with Crippen molar-refractivity contribution in [3.05, 3.63) is 29.8 Å². The van der Waals surface area contributed by atoms with Crippen molar-refractivity contribution in [2.45, 2.75) is 25.6 Å². The van der Waals surface area contributed by atoms with Gasteiger partial charge in [-0.15, -0.1) is 0 Å². The Morgan fingerprint density at radius 1 is 1.32 bits per heavy atom. The van der Waals surface area contributed by atoms with E-state index in [9.17, 15) is 15.0 Å². The molecule has 1 fully saturated rings. The zero-order valence-corrected chi connectivity index (χ0v) is 11.0. The second-order valence-corrected chi connectivity index (χ2v) is 4.82. The summed E-state index contributed by atoms with van der Waals surface area (Å²) >= 11 is 0. The minimum atomic E-state index is -0.847. The van der Waals surface area contributed by atoms with Gasteiger partial charge in [0.15, 0.2) is 0 Å². The van der Waals surface area contributed by atoms with Gasteiger partial charge in [-0.1, -0.05) is 19.1 Å². The van der Waals surface area contributed by atoms with Gasteiger partial charge in [-0.3, -0.25) is 4.79 Å². The van der Waals surface area contributed by atoms with E-state index in [4.69, 9.17) is 0 Å². The summed E-state index contributed by atoms with van der Waals surface area (Å²) in [5, 5.41) is 22.2. The smallest absolute Gasteiger partial charge is 0.256 e. The SMILES string of the molecule is CCCNc1ccccc1C(=O)N1C[C@@H](O)[C@@H](O)C1. The second-order valence-electron chi connectivity index (χ2n) is 4.82. The molecule has 5 heteroatoms. The molecule has 0 spiro atoms. The number of likely N-dealkylation sites (tertiary alicyclic amines) is 1. The van der Waals surface area contributed by atoms with Crippen LogP contribution in [0.2, 0.25) is 0 Å². The zero-order valence-electron chi connectivity index (χ0n) is 11.0. The van der Waals surface area contributed by atoms with Gasteiger partial charge in [0, 0.05) is 25.3 Å². The van der Waals surface area contributed by atoms with Crippen LogP contribution in [0.15, 0.2) is 24.3 Å². The first-order valence-electron chi connectivity index (χ1n) is 6.61. The Balaban J connectivity index is 2.15. The van der Waals surface area contributed by atoms with Gasteiger partial charge in [0.2, 0.25) is 0 Å². The highest BCUT2D eigenvalue weighted by molar-refractivity contribution is 5.99. The van der Waals surface area contributed by atoms with Crippen LogP contribution in [-0.4, -0.2) is 52.9 Å². The number of carbonyl (C=O) groups is 1. The maximum absolute atomic E-state index is 12.4. The molecule has 0 unspecified atom stereocenters. The number of amides is 1. The van der Waals surface area contributed by atoms with Crippen molar-refractivity contribution in [3.8, 4) is 0 Å². The highest BCUT2D eigenvalue weighted by Crippen LogP contribution is 2.20. The molecule has 0 radical (unpaired) electrons. The lowest BCUT2D eigenvalue weighted by molar-refractivity contribution is 0.0572. The molecule has 1 heterocycles. The zero-order chi connectivity index (χ0) is 13.8. The Kier molecular flexibility index (Phi) is 4.39. The van der Waals surface area contributed by atoms with Gasteiger partial charge in [-0.2, -0.15) is 0 Å². The average molecular weight is 264 g/mol. The van der Waals surface area contributed by atoms with E-state index in [0.29, 0.717) is 5.56 Å². The maximum atomic E-state index is 12.4. The molecular weight excluding hydrogens is 244 g/mol. The van der Waals surface area contributed by atoms with Gasteiger partial charge in [-0.05, 0) is 18.6 Å². The van der Waals surface area contributed by atoms with E-state index in [1.54, 1.807) is 6.07 Å². The number of nitrogens with zero attached hydrogens (tertiary/aromatic N) is 1. The molecule has 1 aliphatic heterocycles. The molecule has 1 aromatic carbocycles. The van der Waals surface area contributed by atoms with Gasteiger partial charge >= 0.3 is 0 Å². The number of carbonyl (C=O) groups excluding carboxylic acids is 1. The van der Waals surface area contributed by atoms with Crippen molar-refractivity contribution in [3.63, 3.8) is 0 Å². The molecule has 2 rings (SSSR count). The minimum Gasteiger partial charge on any atom is -0.388 e.